The lowest BCUT2D eigenvalue weighted by Gasteiger charge is -2.13. The van der Waals surface area contributed by atoms with E-state index in [0.717, 1.165) is 11.3 Å². The zero-order chi connectivity index (χ0) is 18.1. The highest BCUT2D eigenvalue weighted by molar-refractivity contribution is 7.80. The smallest absolute Gasteiger partial charge is 0.414 e. The molecule has 0 unspecified atom stereocenters. The van der Waals surface area contributed by atoms with Gasteiger partial charge in [0.05, 0.1) is 18.1 Å². The number of hydrogen-bond donors (Lipinski definition) is 1. The monoisotopic (exact) mass is 368 g/mol. The number of amides is 1. The second-order valence-corrected chi connectivity index (χ2v) is 6.53. The van der Waals surface area contributed by atoms with Crippen LogP contribution in [-0.2, 0) is 4.74 Å². The minimum atomic E-state index is -0.358. The molecule has 3 heterocycles. The van der Waals surface area contributed by atoms with Gasteiger partial charge in [-0.15, -0.1) is 10.2 Å². The third-order valence-electron chi connectivity index (χ3n) is 4.08. The lowest BCUT2D eigenvalue weighted by molar-refractivity contribution is 0.143. The van der Waals surface area contributed by atoms with Crippen molar-refractivity contribution in [2.75, 3.05) is 18.0 Å². The number of aromatic nitrogens is 4. The highest BCUT2D eigenvalue weighted by Crippen LogP contribution is 2.25. The summed E-state index contributed by atoms with van der Waals surface area (Å²) in [6, 6.07) is 9.37. The molecule has 1 N–H and O–H groups in total. The van der Waals surface area contributed by atoms with Gasteiger partial charge in [-0.25, -0.2) is 9.78 Å². The molecule has 1 fully saturated rings. The maximum atomic E-state index is 12.1. The molecule has 132 valence electrons. The summed E-state index contributed by atoms with van der Waals surface area (Å²) in [5.74, 6) is 1.24. The third kappa shape index (κ3) is 3.08. The minimum Gasteiger partial charge on any atom is -0.442 e. The highest BCUT2D eigenvalue weighted by Gasteiger charge is 2.32. The van der Waals surface area contributed by atoms with Crippen molar-refractivity contribution in [3.05, 3.63) is 42.7 Å². The van der Waals surface area contributed by atoms with E-state index in [9.17, 15) is 4.79 Å². The summed E-state index contributed by atoms with van der Waals surface area (Å²) in [6.45, 7) is 2.78. The van der Waals surface area contributed by atoms with Crippen LogP contribution < -0.4 is 10.2 Å². The Bertz CT molecular complexity index is 971. The number of hydrogen-bond acceptors (Lipinski definition) is 6. The van der Waals surface area contributed by atoms with Crippen LogP contribution in [0.15, 0.2) is 42.7 Å². The number of carbonyl (C=O) groups excluding carboxylic acids is 1. The maximum Gasteiger partial charge on any atom is 0.414 e. The Morgan fingerprint density at radius 2 is 2.15 bits per heavy atom. The molecule has 1 atom stereocenters. The predicted octanol–water partition coefficient (Wildman–Crippen LogP) is 2.05. The molecular weight excluding hydrogens is 352 g/mol. The van der Waals surface area contributed by atoms with Gasteiger partial charge < -0.3 is 10.1 Å². The zero-order valence-electron chi connectivity index (χ0n) is 14.0. The molecule has 1 aliphatic heterocycles. The summed E-state index contributed by atoms with van der Waals surface area (Å²) in [5.41, 5.74) is 1.66. The summed E-state index contributed by atoms with van der Waals surface area (Å²) in [5, 5.41) is 11.3. The van der Waals surface area contributed by atoms with Crippen LogP contribution >= 0.6 is 12.2 Å². The molecule has 1 aliphatic rings. The molecule has 26 heavy (non-hydrogen) atoms. The molecule has 1 aromatic carbocycles. The molecule has 2 aromatic heterocycles. The molecule has 0 aliphatic carbocycles. The van der Waals surface area contributed by atoms with Crippen LogP contribution in [-0.4, -0.2) is 49.9 Å². The van der Waals surface area contributed by atoms with E-state index < -0.39 is 0 Å². The zero-order valence-corrected chi connectivity index (χ0v) is 14.8. The number of benzene rings is 1. The molecule has 0 radical (unpaired) electrons. The van der Waals surface area contributed by atoms with Crippen LogP contribution in [0.5, 0.6) is 0 Å². The first-order valence-corrected chi connectivity index (χ1v) is 8.51. The number of cyclic esters (lactones) is 1. The third-order valence-corrected chi connectivity index (χ3v) is 4.22. The number of nitrogens with zero attached hydrogens (tertiary/aromatic N) is 5. The summed E-state index contributed by atoms with van der Waals surface area (Å²) >= 11 is 4.99. The molecule has 1 amide bonds. The van der Waals surface area contributed by atoms with Gasteiger partial charge in [0.2, 0.25) is 0 Å². The van der Waals surface area contributed by atoms with E-state index in [1.54, 1.807) is 18.0 Å². The van der Waals surface area contributed by atoms with Crippen molar-refractivity contribution in [2.24, 2.45) is 0 Å². The Morgan fingerprint density at radius 1 is 1.35 bits per heavy atom. The van der Waals surface area contributed by atoms with Crippen molar-refractivity contribution >= 4 is 34.8 Å². The van der Waals surface area contributed by atoms with Gasteiger partial charge in [-0.05, 0) is 37.3 Å². The number of ether oxygens (including phenoxy) is 1. The largest absolute Gasteiger partial charge is 0.442 e. The van der Waals surface area contributed by atoms with Crippen molar-refractivity contribution in [3.63, 3.8) is 0 Å². The fourth-order valence-corrected chi connectivity index (χ4v) is 2.91. The van der Waals surface area contributed by atoms with Crippen LogP contribution in [0, 0.1) is 0 Å². The lowest BCUT2D eigenvalue weighted by atomic mass is 10.2. The number of fused-ring (bicyclic) bond motifs is 1. The number of anilines is 1. The van der Waals surface area contributed by atoms with E-state index in [-0.39, 0.29) is 12.2 Å². The summed E-state index contributed by atoms with van der Waals surface area (Å²) in [6.07, 6.45) is 2.95. The van der Waals surface area contributed by atoms with Gasteiger partial charge >= 0.3 is 6.09 Å². The molecule has 4 rings (SSSR count). The number of carbonyl (C=O) groups is 1. The Labute approximate surface area is 154 Å². The molecule has 8 nitrogen and oxygen atoms in total. The Balaban J connectivity index is 1.53. The molecule has 0 saturated carbocycles. The van der Waals surface area contributed by atoms with Gasteiger partial charge in [0.1, 0.15) is 6.10 Å². The second kappa shape index (κ2) is 6.68. The van der Waals surface area contributed by atoms with E-state index in [1.807, 2.05) is 40.9 Å². The quantitative estimate of drug-likeness (QED) is 0.706. The summed E-state index contributed by atoms with van der Waals surface area (Å²) in [7, 11) is 0. The van der Waals surface area contributed by atoms with Crippen molar-refractivity contribution in [2.45, 2.75) is 13.0 Å². The van der Waals surface area contributed by atoms with E-state index >= 15 is 0 Å². The van der Waals surface area contributed by atoms with E-state index in [4.69, 9.17) is 17.0 Å². The topological polar surface area (TPSA) is 84.6 Å². The average Bonchev–Trinajstić information content (AvgIpc) is 3.24. The van der Waals surface area contributed by atoms with E-state index in [2.05, 4.69) is 20.5 Å². The van der Waals surface area contributed by atoms with Crippen LogP contribution in [0.3, 0.4) is 0 Å². The lowest BCUT2D eigenvalue weighted by Crippen LogP contribution is -2.32. The maximum absolute atomic E-state index is 12.1. The molecular formula is C17H16N6O2S. The molecule has 1 saturated heterocycles. The van der Waals surface area contributed by atoms with Crippen molar-refractivity contribution in [3.8, 4) is 11.4 Å². The fourth-order valence-electron chi connectivity index (χ4n) is 2.83. The van der Waals surface area contributed by atoms with Crippen molar-refractivity contribution < 1.29 is 9.53 Å². The van der Waals surface area contributed by atoms with E-state index in [1.165, 1.54) is 0 Å². The van der Waals surface area contributed by atoms with Gasteiger partial charge in [0.25, 0.3) is 5.78 Å². The fraction of sp³-hybridized carbons (Fsp3) is 0.235. The normalized spacial score (nSPS) is 16.7. The van der Waals surface area contributed by atoms with Gasteiger partial charge in [-0.2, -0.15) is 0 Å². The van der Waals surface area contributed by atoms with Crippen molar-refractivity contribution in [1.82, 2.24) is 24.9 Å². The number of rotatable bonds is 4. The first-order chi connectivity index (χ1) is 12.6. The molecule has 0 bridgehead atoms. The summed E-state index contributed by atoms with van der Waals surface area (Å²) < 4.78 is 7.18. The first kappa shape index (κ1) is 16.4. The Morgan fingerprint density at radius 3 is 2.92 bits per heavy atom. The number of thiocarbonyl (C=S) groups is 1. The van der Waals surface area contributed by atoms with Gasteiger partial charge in [0.15, 0.2) is 5.82 Å². The van der Waals surface area contributed by atoms with Crippen LogP contribution in [0.25, 0.3) is 17.2 Å². The Hall–Kier alpha value is -3.07. The SMILES string of the molecule is CC(=S)NC[C@H]1CN(c2ccc(-c3nnc4ncccn34)cc2)C(=O)O1. The highest BCUT2D eigenvalue weighted by atomic mass is 32.1. The van der Waals surface area contributed by atoms with E-state index in [0.29, 0.717) is 29.7 Å². The Kier molecular flexibility index (Phi) is 4.21. The predicted molar refractivity (Wildman–Crippen MR) is 100 cm³/mol. The van der Waals surface area contributed by atoms with Gasteiger partial charge in [-0.3, -0.25) is 9.30 Å². The molecule has 9 heteroatoms. The van der Waals surface area contributed by atoms with Crippen LogP contribution in [0.1, 0.15) is 6.92 Å². The molecule has 0 spiro atoms. The van der Waals surface area contributed by atoms with Crippen LogP contribution in [0.2, 0.25) is 0 Å². The standard InChI is InChI=1S/C17H16N6O2S/c1-11(26)19-9-14-10-23(17(24)25-14)13-5-3-12(4-6-13)15-20-21-16-18-7-2-8-22(15)16/h2-8,14H,9-10H2,1H3,(H,19,26)/t14-/m0/s1. The second-order valence-electron chi connectivity index (χ2n) is 5.91. The first-order valence-electron chi connectivity index (χ1n) is 8.10. The van der Waals surface area contributed by atoms with Crippen LogP contribution in [0.4, 0.5) is 10.5 Å². The summed E-state index contributed by atoms with van der Waals surface area (Å²) in [4.78, 5) is 18.6. The van der Waals surface area contributed by atoms with Crippen molar-refractivity contribution in [1.29, 1.82) is 0 Å². The van der Waals surface area contributed by atoms with Gasteiger partial charge in [-0.1, -0.05) is 12.2 Å². The van der Waals surface area contributed by atoms with Gasteiger partial charge in [0, 0.05) is 23.6 Å². The minimum absolute atomic E-state index is 0.230. The number of nitrogens with one attached hydrogen (secondary N) is 1. The average molecular weight is 368 g/mol. The molecule has 3 aromatic rings.